The van der Waals surface area contributed by atoms with Crippen molar-refractivity contribution in [2.75, 3.05) is 6.54 Å². The summed E-state index contributed by atoms with van der Waals surface area (Å²) in [5.41, 5.74) is -8.28. The van der Waals surface area contributed by atoms with Gasteiger partial charge in [-0.25, -0.2) is 17.2 Å². The Kier molecular flexibility index (Phi) is 7.50. The van der Waals surface area contributed by atoms with E-state index in [2.05, 4.69) is 0 Å². The highest BCUT2D eigenvalue weighted by Crippen LogP contribution is 2.56. The number of rotatable bonds is 4. The van der Waals surface area contributed by atoms with Gasteiger partial charge in [0, 0.05) is 31.4 Å². The lowest BCUT2D eigenvalue weighted by molar-refractivity contribution is -0.348. The molecule has 0 bridgehead atoms. The SMILES string of the molecule is Cn1cc(C(=O)N2CC[C@]3(S(=O)(=O)c4ccc(F)cc4)c4ccc(C(F)(C(F)(F)F)C(F)(F)F)cc4CCC[C@H]23)ccc1=O. The average molecular weight is 649 g/mol. The zero-order chi connectivity index (χ0) is 32.5. The zero-order valence-corrected chi connectivity index (χ0v) is 23.7. The highest BCUT2D eigenvalue weighted by Gasteiger charge is 2.73. The first-order chi connectivity index (χ1) is 20.4. The number of carbonyl (C=O) groups is 1. The number of pyridine rings is 1. The molecular weight excluding hydrogens is 624 g/mol. The maximum atomic E-state index is 15.0. The lowest BCUT2D eigenvalue weighted by atomic mass is 9.84. The molecule has 1 saturated heterocycles. The third-order valence-electron chi connectivity index (χ3n) is 8.50. The fourth-order valence-corrected chi connectivity index (χ4v) is 8.74. The van der Waals surface area contributed by atoms with Crippen LogP contribution in [0.2, 0.25) is 0 Å². The molecule has 2 aliphatic rings. The molecule has 15 heteroatoms. The number of halogens is 8. The van der Waals surface area contributed by atoms with E-state index in [1.54, 1.807) is 0 Å². The molecule has 1 aliphatic heterocycles. The Labute approximate surface area is 245 Å². The third-order valence-corrected chi connectivity index (χ3v) is 11.0. The summed E-state index contributed by atoms with van der Waals surface area (Å²) in [6.45, 7) is -0.188. The van der Waals surface area contributed by atoms with Crippen LogP contribution in [0.4, 0.5) is 35.1 Å². The van der Waals surface area contributed by atoms with Gasteiger partial charge >= 0.3 is 18.0 Å². The first-order valence-electron chi connectivity index (χ1n) is 13.3. The van der Waals surface area contributed by atoms with Crippen molar-refractivity contribution in [1.29, 1.82) is 0 Å². The number of alkyl halides is 7. The van der Waals surface area contributed by atoms with Crippen LogP contribution in [-0.2, 0) is 33.7 Å². The number of nitrogens with zero attached hydrogens (tertiary/aromatic N) is 2. The summed E-state index contributed by atoms with van der Waals surface area (Å²) < 4.78 is 138. The van der Waals surface area contributed by atoms with Crippen molar-refractivity contribution in [3.8, 4) is 0 Å². The Morgan fingerprint density at radius 3 is 2.16 bits per heavy atom. The van der Waals surface area contributed by atoms with Gasteiger partial charge in [0.1, 0.15) is 10.6 Å². The van der Waals surface area contributed by atoms with Crippen LogP contribution >= 0.6 is 0 Å². The van der Waals surface area contributed by atoms with Gasteiger partial charge in [-0.05, 0) is 67.1 Å². The Bertz CT molecular complexity index is 1770. The van der Waals surface area contributed by atoms with Crippen LogP contribution in [-0.4, -0.2) is 48.7 Å². The Morgan fingerprint density at radius 2 is 1.57 bits per heavy atom. The van der Waals surface area contributed by atoms with E-state index in [0.717, 1.165) is 41.0 Å². The van der Waals surface area contributed by atoms with Gasteiger partial charge in [0.2, 0.25) is 5.56 Å². The Balaban J connectivity index is 1.74. The second kappa shape index (κ2) is 10.4. The molecule has 0 saturated carbocycles. The fraction of sp³-hybridized carbons (Fsp3) is 0.379. The van der Waals surface area contributed by atoms with E-state index in [-0.39, 0.29) is 59.9 Å². The zero-order valence-electron chi connectivity index (χ0n) is 22.8. The molecule has 2 atom stereocenters. The van der Waals surface area contributed by atoms with E-state index in [9.17, 15) is 48.7 Å². The summed E-state index contributed by atoms with van der Waals surface area (Å²) in [5.74, 6) is -1.42. The van der Waals surface area contributed by atoms with Crippen molar-refractivity contribution < 1.29 is 48.3 Å². The van der Waals surface area contributed by atoms with Crippen LogP contribution in [0.5, 0.6) is 0 Å². The number of benzene rings is 2. The monoisotopic (exact) mass is 648 g/mol. The number of aromatic nitrogens is 1. The number of aryl methyl sites for hydroxylation is 2. The van der Waals surface area contributed by atoms with Crippen molar-refractivity contribution in [1.82, 2.24) is 9.47 Å². The number of carbonyl (C=O) groups excluding carboxylic acids is 1. The van der Waals surface area contributed by atoms with Gasteiger partial charge in [0.15, 0.2) is 9.84 Å². The van der Waals surface area contributed by atoms with Gasteiger partial charge in [0.05, 0.1) is 16.5 Å². The molecule has 2 heterocycles. The van der Waals surface area contributed by atoms with E-state index in [1.165, 1.54) is 24.2 Å². The predicted molar refractivity (Wildman–Crippen MR) is 141 cm³/mol. The Morgan fingerprint density at radius 1 is 0.932 bits per heavy atom. The number of fused-ring (bicyclic) bond motifs is 3. The van der Waals surface area contributed by atoms with Gasteiger partial charge in [-0.1, -0.05) is 18.2 Å². The van der Waals surface area contributed by atoms with E-state index < -0.39 is 61.5 Å². The van der Waals surface area contributed by atoms with E-state index in [4.69, 9.17) is 0 Å². The number of sulfone groups is 1. The normalized spacial score (nSPS) is 21.0. The summed E-state index contributed by atoms with van der Waals surface area (Å²) in [6, 6.07) is 6.38. The van der Waals surface area contributed by atoms with Crippen molar-refractivity contribution in [2.45, 2.75) is 59.4 Å². The van der Waals surface area contributed by atoms with E-state index in [1.807, 2.05) is 0 Å². The predicted octanol–water partition coefficient (Wildman–Crippen LogP) is 5.73. The minimum Gasteiger partial charge on any atom is -0.334 e. The standard InChI is InChI=1S/C29H24F8N2O4S/c1-38-16-18(5-12-24(38)40)25(41)39-14-13-26(44(42,43)21-9-7-20(30)8-10-21)22-11-6-19(15-17(22)3-2-4-23(26)39)27(31,28(32,33)34)29(35,36)37/h5-12,15-16,23H,2-4,13-14H2,1H3/t23-,26-/m0/s1. The summed E-state index contributed by atoms with van der Waals surface area (Å²) in [5, 5.41) is 0. The van der Waals surface area contributed by atoms with Gasteiger partial charge in [0.25, 0.3) is 5.91 Å². The minimum absolute atomic E-state index is 0.0240. The summed E-state index contributed by atoms with van der Waals surface area (Å²) in [4.78, 5) is 26.5. The van der Waals surface area contributed by atoms with Crippen molar-refractivity contribution in [3.63, 3.8) is 0 Å². The van der Waals surface area contributed by atoms with Crippen molar-refractivity contribution >= 4 is 15.7 Å². The van der Waals surface area contributed by atoms with Crippen LogP contribution in [0, 0.1) is 5.82 Å². The van der Waals surface area contributed by atoms with Crippen LogP contribution in [0.15, 0.2) is 70.5 Å². The summed E-state index contributed by atoms with van der Waals surface area (Å²) in [6.07, 6.45) is -12.1. The average Bonchev–Trinajstić information content (AvgIpc) is 3.25. The van der Waals surface area contributed by atoms with Crippen molar-refractivity contribution in [2.24, 2.45) is 7.05 Å². The smallest absolute Gasteiger partial charge is 0.334 e. The second-order valence-corrected chi connectivity index (χ2v) is 13.1. The molecule has 2 aromatic carbocycles. The first-order valence-corrected chi connectivity index (χ1v) is 14.8. The summed E-state index contributed by atoms with van der Waals surface area (Å²) in [7, 11) is -3.24. The number of amides is 1. The molecule has 236 valence electrons. The molecule has 44 heavy (non-hydrogen) atoms. The highest BCUT2D eigenvalue weighted by molar-refractivity contribution is 7.92. The molecular formula is C29H24F8N2O4S. The van der Waals surface area contributed by atoms with E-state index in [0.29, 0.717) is 6.07 Å². The molecule has 0 N–H and O–H groups in total. The molecule has 1 aliphatic carbocycles. The molecule has 6 nitrogen and oxygen atoms in total. The number of likely N-dealkylation sites (tertiary alicyclic amines) is 1. The minimum atomic E-state index is -6.38. The van der Waals surface area contributed by atoms with Gasteiger partial charge in [-0.3, -0.25) is 9.59 Å². The second-order valence-electron chi connectivity index (χ2n) is 10.9. The number of hydrogen-bond donors (Lipinski definition) is 0. The topological polar surface area (TPSA) is 76.5 Å². The molecule has 0 radical (unpaired) electrons. The largest absolute Gasteiger partial charge is 0.435 e. The first kappa shape index (κ1) is 31.7. The maximum Gasteiger partial charge on any atom is 0.435 e. The molecule has 0 spiro atoms. The van der Waals surface area contributed by atoms with E-state index >= 15 is 4.39 Å². The lowest BCUT2D eigenvalue weighted by Crippen LogP contribution is -2.51. The Hall–Kier alpha value is -3.75. The summed E-state index contributed by atoms with van der Waals surface area (Å²) >= 11 is 0. The maximum absolute atomic E-state index is 15.0. The van der Waals surface area contributed by atoms with Crippen LogP contribution in [0.3, 0.4) is 0 Å². The molecule has 1 fully saturated rings. The van der Waals surface area contributed by atoms with Crippen molar-refractivity contribution in [3.05, 3.63) is 99.2 Å². The molecule has 1 amide bonds. The molecule has 0 unspecified atom stereocenters. The van der Waals surface area contributed by atoms with Crippen LogP contribution in [0.25, 0.3) is 0 Å². The third kappa shape index (κ3) is 4.61. The van der Waals surface area contributed by atoms with Gasteiger partial charge in [-0.2, -0.15) is 26.3 Å². The quantitative estimate of drug-likeness (QED) is 0.268. The lowest BCUT2D eigenvalue weighted by Gasteiger charge is -2.38. The van der Waals surface area contributed by atoms with Crippen LogP contribution < -0.4 is 5.56 Å². The fourth-order valence-electron chi connectivity index (χ4n) is 6.38. The molecule has 3 aromatic rings. The van der Waals surface area contributed by atoms with Crippen LogP contribution in [0.1, 0.15) is 46.3 Å². The number of hydrogen-bond acceptors (Lipinski definition) is 4. The van der Waals surface area contributed by atoms with Gasteiger partial charge < -0.3 is 9.47 Å². The molecule has 1 aromatic heterocycles. The van der Waals surface area contributed by atoms with Gasteiger partial charge in [-0.15, -0.1) is 0 Å². The highest BCUT2D eigenvalue weighted by atomic mass is 32.2. The molecule has 5 rings (SSSR count).